The lowest BCUT2D eigenvalue weighted by atomic mass is 10.0. The SMILES string of the molecule is Cc1ncccc1C(O)c1cccc(OC2CC2)c1. The molecule has 2 aromatic rings. The topological polar surface area (TPSA) is 42.4 Å². The first-order valence-electron chi connectivity index (χ1n) is 6.60. The fraction of sp³-hybridized carbons (Fsp3) is 0.312. The Morgan fingerprint density at radius 2 is 2.11 bits per heavy atom. The van der Waals surface area contributed by atoms with Gasteiger partial charge in [0.2, 0.25) is 0 Å². The van der Waals surface area contributed by atoms with Crippen molar-refractivity contribution in [3.8, 4) is 5.75 Å². The second-order valence-electron chi connectivity index (χ2n) is 4.97. The van der Waals surface area contributed by atoms with E-state index in [1.54, 1.807) is 6.20 Å². The molecule has 3 heteroatoms. The third-order valence-electron chi connectivity index (χ3n) is 3.34. The predicted molar refractivity (Wildman–Crippen MR) is 73.1 cm³/mol. The second kappa shape index (κ2) is 5.02. The van der Waals surface area contributed by atoms with Crippen molar-refractivity contribution in [3.63, 3.8) is 0 Å². The van der Waals surface area contributed by atoms with Crippen LogP contribution in [-0.4, -0.2) is 16.2 Å². The summed E-state index contributed by atoms with van der Waals surface area (Å²) in [6.45, 7) is 1.91. The summed E-state index contributed by atoms with van der Waals surface area (Å²) in [6, 6.07) is 11.4. The number of ether oxygens (including phenoxy) is 1. The second-order valence-corrected chi connectivity index (χ2v) is 4.97. The van der Waals surface area contributed by atoms with Gasteiger partial charge in [0.25, 0.3) is 0 Å². The molecular weight excluding hydrogens is 238 g/mol. The standard InChI is InChI=1S/C16H17NO2/c1-11-15(6-3-9-17-11)16(18)12-4-2-5-14(10-12)19-13-7-8-13/h2-6,9-10,13,16,18H,7-8H2,1H3. The van der Waals surface area contributed by atoms with Crippen molar-refractivity contribution in [1.29, 1.82) is 0 Å². The Morgan fingerprint density at radius 3 is 2.84 bits per heavy atom. The molecule has 98 valence electrons. The average molecular weight is 255 g/mol. The quantitative estimate of drug-likeness (QED) is 0.913. The number of pyridine rings is 1. The number of aliphatic hydroxyl groups excluding tert-OH is 1. The molecule has 1 aromatic heterocycles. The maximum atomic E-state index is 10.5. The lowest BCUT2D eigenvalue weighted by molar-refractivity contribution is 0.218. The average Bonchev–Trinajstić information content (AvgIpc) is 3.23. The molecule has 0 amide bonds. The summed E-state index contributed by atoms with van der Waals surface area (Å²) in [4.78, 5) is 4.22. The van der Waals surface area contributed by atoms with Gasteiger partial charge in [-0.2, -0.15) is 0 Å². The Labute approximate surface area is 112 Å². The highest BCUT2D eigenvalue weighted by Crippen LogP contribution is 2.30. The first-order chi connectivity index (χ1) is 9.24. The molecule has 1 saturated carbocycles. The summed E-state index contributed by atoms with van der Waals surface area (Å²) >= 11 is 0. The lowest BCUT2D eigenvalue weighted by Crippen LogP contribution is -2.04. The maximum absolute atomic E-state index is 10.5. The van der Waals surface area contributed by atoms with Crippen molar-refractivity contribution in [1.82, 2.24) is 4.98 Å². The van der Waals surface area contributed by atoms with Crippen LogP contribution in [0.2, 0.25) is 0 Å². The Hall–Kier alpha value is -1.87. The maximum Gasteiger partial charge on any atom is 0.120 e. The molecular formula is C16H17NO2. The number of nitrogens with zero attached hydrogens (tertiary/aromatic N) is 1. The molecule has 1 aliphatic rings. The summed E-state index contributed by atoms with van der Waals surface area (Å²) in [5.41, 5.74) is 2.53. The van der Waals surface area contributed by atoms with Gasteiger partial charge in [-0.1, -0.05) is 18.2 Å². The molecule has 0 bridgehead atoms. The number of aryl methyl sites for hydroxylation is 1. The first-order valence-corrected chi connectivity index (χ1v) is 6.60. The van der Waals surface area contributed by atoms with Crippen LogP contribution in [0, 0.1) is 6.92 Å². The van der Waals surface area contributed by atoms with Gasteiger partial charge in [-0.25, -0.2) is 0 Å². The molecule has 3 nitrogen and oxygen atoms in total. The third-order valence-corrected chi connectivity index (χ3v) is 3.34. The van der Waals surface area contributed by atoms with E-state index in [4.69, 9.17) is 4.74 Å². The van der Waals surface area contributed by atoms with E-state index in [2.05, 4.69) is 4.98 Å². The van der Waals surface area contributed by atoms with Crippen LogP contribution in [0.25, 0.3) is 0 Å². The van der Waals surface area contributed by atoms with Crippen LogP contribution in [0.5, 0.6) is 5.75 Å². The van der Waals surface area contributed by atoms with Crippen LogP contribution in [0.3, 0.4) is 0 Å². The van der Waals surface area contributed by atoms with Gasteiger partial charge in [-0.05, 0) is 43.5 Å². The minimum atomic E-state index is -0.656. The number of rotatable bonds is 4. The third kappa shape index (κ3) is 2.76. The number of aliphatic hydroxyl groups is 1. The molecule has 1 fully saturated rings. The van der Waals surface area contributed by atoms with Gasteiger partial charge in [-0.15, -0.1) is 0 Å². The Kier molecular flexibility index (Phi) is 3.22. The number of aromatic nitrogens is 1. The summed E-state index contributed by atoms with van der Waals surface area (Å²) in [5, 5.41) is 10.5. The van der Waals surface area contributed by atoms with Gasteiger partial charge < -0.3 is 9.84 Å². The molecule has 19 heavy (non-hydrogen) atoms. The molecule has 3 rings (SSSR count). The predicted octanol–water partition coefficient (Wildman–Crippen LogP) is 3.01. The fourth-order valence-electron chi connectivity index (χ4n) is 2.10. The van der Waals surface area contributed by atoms with Crippen LogP contribution in [-0.2, 0) is 0 Å². The Balaban J connectivity index is 1.86. The van der Waals surface area contributed by atoms with Gasteiger partial charge in [-0.3, -0.25) is 4.98 Å². The molecule has 0 aliphatic heterocycles. The molecule has 1 unspecified atom stereocenters. The Bertz CT molecular complexity index is 578. The Morgan fingerprint density at radius 1 is 1.26 bits per heavy atom. The van der Waals surface area contributed by atoms with Crippen molar-refractivity contribution in [2.45, 2.75) is 32.0 Å². The highest BCUT2D eigenvalue weighted by atomic mass is 16.5. The molecule has 1 aliphatic carbocycles. The zero-order valence-corrected chi connectivity index (χ0v) is 10.9. The van der Waals surface area contributed by atoms with E-state index in [1.807, 2.05) is 43.3 Å². The van der Waals surface area contributed by atoms with E-state index in [0.29, 0.717) is 6.10 Å². The number of hydrogen-bond donors (Lipinski definition) is 1. The van der Waals surface area contributed by atoms with E-state index in [-0.39, 0.29) is 0 Å². The molecule has 1 atom stereocenters. The summed E-state index contributed by atoms with van der Waals surface area (Å²) in [6.07, 6.45) is 3.71. The van der Waals surface area contributed by atoms with Crippen molar-refractivity contribution in [3.05, 3.63) is 59.4 Å². The molecule has 1 aromatic carbocycles. The van der Waals surface area contributed by atoms with Crippen molar-refractivity contribution in [2.24, 2.45) is 0 Å². The van der Waals surface area contributed by atoms with E-state index in [0.717, 1.165) is 35.4 Å². The van der Waals surface area contributed by atoms with E-state index in [1.165, 1.54) is 0 Å². The van der Waals surface area contributed by atoms with Crippen LogP contribution < -0.4 is 4.74 Å². The fourth-order valence-corrected chi connectivity index (χ4v) is 2.10. The lowest BCUT2D eigenvalue weighted by Gasteiger charge is -2.14. The number of hydrogen-bond acceptors (Lipinski definition) is 3. The van der Waals surface area contributed by atoms with Crippen LogP contribution >= 0.6 is 0 Å². The largest absolute Gasteiger partial charge is 0.490 e. The van der Waals surface area contributed by atoms with E-state index in [9.17, 15) is 5.11 Å². The first kappa shape index (κ1) is 12.2. The van der Waals surface area contributed by atoms with E-state index >= 15 is 0 Å². The van der Waals surface area contributed by atoms with E-state index < -0.39 is 6.10 Å². The van der Waals surface area contributed by atoms with Crippen LogP contribution in [0.15, 0.2) is 42.6 Å². The van der Waals surface area contributed by atoms with Crippen LogP contribution in [0.4, 0.5) is 0 Å². The minimum Gasteiger partial charge on any atom is -0.490 e. The highest BCUT2D eigenvalue weighted by Gasteiger charge is 2.23. The molecule has 0 radical (unpaired) electrons. The van der Waals surface area contributed by atoms with Crippen molar-refractivity contribution in [2.75, 3.05) is 0 Å². The van der Waals surface area contributed by atoms with Gasteiger partial charge in [0, 0.05) is 17.5 Å². The summed E-state index contributed by atoms with van der Waals surface area (Å²) in [5.74, 6) is 0.834. The smallest absolute Gasteiger partial charge is 0.120 e. The zero-order chi connectivity index (χ0) is 13.2. The van der Waals surface area contributed by atoms with Crippen LogP contribution in [0.1, 0.15) is 35.8 Å². The molecule has 0 spiro atoms. The normalized spacial score (nSPS) is 16.1. The van der Waals surface area contributed by atoms with Gasteiger partial charge in [0.15, 0.2) is 0 Å². The molecule has 0 saturated heterocycles. The molecule has 1 heterocycles. The monoisotopic (exact) mass is 255 g/mol. The summed E-state index contributed by atoms with van der Waals surface area (Å²) in [7, 11) is 0. The minimum absolute atomic E-state index is 0.368. The summed E-state index contributed by atoms with van der Waals surface area (Å²) < 4.78 is 5.76. The van der Waals surface area contributed by atoms with Gasteiger partial charge >= 0.3 is 0 Å². The van der Waals surface area contributed by atoms with Gasteiger partial charge in [0.1, 0.15) is 11.9 Å². The zero-order valence-electron chi connectivity index (χ0n) is 10.9. The molecule has 1 N–H and O–H groups in total. The van der Waals surface area contributed by atoms with Gasteiger partial charge in [0.05, 0.1) is 6.10 Å². The van der Waals surface area contributed by atoms with Crippen molar-refractivity contribution >= 4 is 0 Å². The highest BCUT2D eigenvalue weighted by molar-refractivity contribution is 5.36. The van der Waals surface area contributed by atoms with Crippen molar-refractivity contribution < 1.29 is 9.84 Å². The number of benzene rings is 1.